The first-order chi connectivity index (χ1) is 8.70. The van der Waals surface area contributed by atoms with E-state index < -0.39 is 11.5 Å². The van der Waals surface area contributed by atoms with Crippen LogP contribution < -0.4 is 5.32 Å². The van der Waals surface area contributed by atoms with Crippen LogP contribution in [0.1, 0.15) is 30.5 Å². The van der Waals surface area contributed by atoms with E-state index in [1.165, 1.54) is 11.6 Å². The van der Waals surface area contributed by atoms with Crippen LogP contribution in [0.2, 0.25) is 0 Å². The lowest BCUT2D eigenvalue weighted by molar-refractivity contribution is -0.128. The molecule has 0 saturated heterocycles. The second kappa shape index (κ2) is 5.57. The van der Waals surface area contributed by atoms with Gasteiger partial charge in [0.2, 0.25) is 5.91 Å². The molecule has 1 aromatic rings. The van der Waals surface area contributed by atoms with Gasteiger partial charge in [-0.05, 0) is 45.7 Å². The second-order valence-corrected chi connectivity index (χ2v) is 5.63. The van der Waals surface area contributed by atoms with Crippen molar-refractivity contribution in [3.8, 4) is 0 Å². The Bertz CT molecular complexity index is 480. The highest BCUT2D eigenvalue weighted by Crippen LogP contribution is 2.27. The first-order valence-corrected chi connectivity index (χ1v) is 6.40. The Balaban J connectivity index is 3.04. The highest BCUT2D eigenvalue weighted by Gasteiger charge is 2.34. The van der Waals surface area contributed by atoms with Gasteiger partial charge in [-0.1, -0.05) is 23.8 Å². The zero-order chi connectivity index (χ0) is 14.8. The quantitative estimate of drug-likeness (QED) is 0.818. The molecule has 0 unspecified atom stereocenters. The lowest BCUT2D eigenvalue weighted by Gasteiger charge is -2.28. The van der Waals surface area contributed by atoms with Gasteiger partial charge in [-0.2, -0.15) is 0 Å². The summed E-state index contributed by atoms with van der Waals surface area (Å²) in [6.45, 7) is 12.9. The molecule has 0 aliphatic carbocycles. The van der Waals surface area contributed by atoms with Gasteiger partial charge >= 0.3 is 0 Å². The molecule has 0 aliphatic rings. The number of hydrogen-bond donors (Lipinski definition) is 2. The summed E-state index contributed by atoms with van der Waals surface area (Å²) in [7, 11) is 0. The normalized spacial score (nSPS) is 12.9. The van der Waals surface area contributed by atoms with E-state index >= 15 is 0 Å². The fourth-order valence-electron chi connectivity index (χ4n) is 2.08. The monoisotopic (exact) mass is 261 g/mol. The molecule has 0 heterocycles. The molecule has 3 nitrogen and oxygen atoms in total. The van der Waals surface area contributed by atoms with Crippen molar-refractivity contribution in [2.24, 2.45) is 5.41 Å². The van der Waals surface area contributed by atoms with Gasteiger partial charge in [0.15, 0.2) is 0 Å². The fourth-order valence-corrected chi connectivity index (χ4v) is 2.08. The van der Waals surface area contributed by atoms with Crippen LogP contribution in [-0.2, 0) is 4.79 Å². The van der Waals surface area contributed by atoms with Crippen LogP contribution >= 0.6 is 0 Å². The third kappa shape index (κ3) is 3.24. The molecule has 1 amide bonds. The predicted molar refractivity (Wildman–Crippen MR) is 79.3 cm³/mol. The van der Waals surface area contributed by atoms with Crippen molar-refractivity contribution in [2.45, 2.75) is 40.7 Å². The third-order valence-electron chi connectivity index (χ3n) is 3.46. The van der Waals surface area contributed by atoms with E-state index in [9.17, 15) is 9.90 Å². The molecular weight excluding hydrogens is 238 g/mol. The van der Waals surface area contributed by atoms with Crippen molar-refractivity contribution in [1.29, 1.82) is 0 Å². The molecule has 0 saturated carbocycles. The molecule has 2 N–H and O–H groups in total. The van der Waals surface area contributed by atoms with Gasteiger partial charge in [0.1, 0.15) is 0 Å². The van der Waals surface area contributed by atoms with Crippen molar-refractivity contribution in [2.75, 3.05) is 5.32 Å². The molecule has 0 aromatic heterocycles. The molecule has 1 atom stereocenters. The van der Waals surface area contributed by atoms with Crippen LogP contribution in [0.4, 0.5) is 5.69 Å². The molecule has 19 heavy (non-hydrogen) atoms. The average Bonchev–Trinajstić information content (AvgIpc) is 2.31. The van der Waals surface area contributed by atoms with E-state index in [0.29, 0.717) is 0 Å². The maximum absolute atomic E-state index is 12.3. The van der Waals surface area contributed by atoms with E-state index in [1.54, 1.807) is 13.8 Å². The Kier molecular flexibility index (Phi) is 4.53. The number of aliphatic hydroxyl groups is 1. The maximum Gasteiger partial charge on any atom is 0.232 e. The van der Waals surface area contributed by atoms with E-state index in [-0.39, 0.29) is 5.91 Å². The van der Waals surface area contributed by atoms with Crippen LogP contribution in [0.15, 0.2) is 24.8 Å². The van der Waals surface area contributed by atoms with Gasteiger partial charge in [-0.15, -0.1) is 6.58 Å². The standard InChI is InChI=1S/C16H23NO2/c1-7-13(18)16(5,6)15(19)17-14-11(3)8-10(2)9-12(14)4/h7-9,13,18H,1H2,2-6H3,(H,17,19)/t13-/m1/s1. The number of carbonyl (C=O) groups is 1. The third-order valence-corrected chi connectivity index (χ3v) is 3.46. The van der Waals surface area contributed by atoms with Gasteiger partial charge in [0, 0.05) is 5.69 Å². The summed E-state index contributed by atoms with van der Waals surface area (Å²) < 4.78 is 0. The van der Waals surface area contributed by atoms with E-state index in [4.69, 9.17) is 0 Å². The Morgan fingerprint density at radius 2 is 1.79 bits per heavy atom. The highest BCUT2D eigenvalue weighted by molar-refractivity contribution is 5.96. The molecular formula is C16H23NO2. The largest absolute Gasteiger partial charge is 0.388 e. The smallest absolute Gasteiger partial charge is 0.232 e. The fraction of sp³-hybridized carbons (Fsp3) is 0.438. The van der Waals surface area contributed by atoms with Crippen LogP contribution in [0.5, 0.6) is 0 Å². The van der Waals surface area contributed by atoms with Crippen LogP contribution in [0.3, 0.4) is 0 Å². The molecule has 104 valence electrons. The lowest BCUT2D eigenvalue weighted by Crippen LogP contribution is -2.40. The zero-order valence-electron chi connectivity index (χ0n) is 12.4. The summed E-state index contributed by atoms with van der Waals surface area (Å²) in [6.07, 6.45) is 0.507. The van der Waals surface area contributed by atoms with Gasteiger partial charge < -0.3 is 10.4 Å². The van der Waals surface area contributed by atoms with Crippen LogP contribution in [0, 0.1) is 26.2 Å². The van der Waals surface area contributed by atoms with Gasteiger partial charge in [-0.3, -0.25) is 4.79 Å². The summed E-state index contributed by atoms with van der Waals surface area (Å²) in [5.74, 6) is -0.213. The van der Waals surface area contributed by atoms with Crippen molar-refractivity contribution in [3.63, 3.8) is 0 Å². The Morgan fingerprint density at radius 3 is 2.21 bits per heavy atom. The van der Waals surface area contributed by atoms with Crippen molar-refractivity contribution >= 4 is 11.6 Å². The summed E-state index contributed by atoms with van der Waals surface area (Å²) in [4.78, 5) is 12.3. The Morgan fingerprint density at radius 1 is 1.32 bits per heavy atom. The van der Waals surface area contributed by atoms with E-state index in [2.05, 4.69) is 11.9 Å². The number of benzene rings is 1. The molecule has 3 heteroatoms. The summed E-state index contributed by atoms with van der Waals surface area (Å²) in [5, 5.41) is 12.8. The summed E-state index contributed by atoms with van der Waals surface area (Å²) in [6, 6.07) is 4.05. The maximum atomic E-state index is 12.3. The first kappa shape index (κ1) is 15.4. The van der Waals surface area contributed by atoms with Gasteiger partial charge in [0.05, 0.1) is 11.5 Å². The molecule has 0 radical (unpaired) electrons. The van der Waals surface area contributed by atoms with E-state index in [0.717, 1.165) is 16.8 Å². The number of nitrogens with one attached hydrogen (secondary N) is 1. The number of aryl methyl sites for hydroxylation is 3. The second-order valence-electron chi connectivity index (χ2n) is 5.63. The minimum Gasteiger partial charge on any atom is -0.388 e. The van der Waals surface area contributed by atoms with Crippen molar-refractivity contribution in [3.05, 3.63) is 41.5 Å². The molecule has 1 rings (SSSR count). The molecule has 1 aromatic carbocycles. The Hall–Kier alpha value is -1.61. The number of rotatable bonds is 4. The summed E-state index contributed by atoms with van der Waals surface area (Å²) >= 11 is 0. The number of carbonyl (C=O) groups excluding carboxylic acids is 1. The average molecular weight is 261 g/mol. The van der Waals surface area contributed by atoms with Crippen molar-refractivity contribution in [1.82, 2.24) is 0 Å². The molecule has 0 fully saturated rings. The topological polar surface area (TPSA) is 49.3 Å². The number of hydrogen-bond acceptors (Lipinski definition) is 2. The molecule has 0 spiro atoms. The Labute approximate surface area is 115 Å². The minimum atomic E-state index is -0.911. The molecule has 0 bridgehead atoms. The van der Waals surface area contributed by atoms with Crippen LogP contribution in [0.25, 0.3) is 0 Å². The number of amides is 1. The SMILES string of the molecule is C=C[C@@H](O)C(C)(C)C(=O)Nc1c(C)cc(C)cc1C. The summed E-state index contributed by atoms with van der Waals surface area (Å²) in [5.41, 5.74) is 3.12. The lowest BCUT2D eigenvalue weighted by atomic mass is 9.85. The van der Waals surface area contributed by atoms with Gasteiger partial charge in [-0.25, -0.2) is 0 Å². The number of anilines is 1. The van der Waals surface area contributed by atoms with Gasteiger partial charge in [0.25, 0.3) is 0 Å². The minimum absolute atomic E-state index is 0.213. The predicted octanol–water partition coefficient (Wildman–Crippen LogP) is 3.12. The zero-order valence-corrected chi connectivity index (χ0v) is 12.4. The van der Waals surface area contributed by atoms with Crippen LogP contribution in [-0.4, -0.2) is 17.1 Å². The van der Waals surface area contributed by atoms with Crippen molar-refractivity contribution < 1.29 is 9.90 Å². The highest BCUT2D eigenvalue weighted by atomic mass is 16.3. The first-order valence-electron chi connectivity index (χ1n) is 6.40. The molecule has 0 aliphatic heterocycles. The van der Waals surface area contributed by atoms with E-state index in [1.807, 2.05) is 32.9 Å². The number of aliphatic hydroxyl groups excluding tert-OH is 1.